The van der Waals surface area contributed by atoms with E-state index in [9.17, 15) is 13.2 Å². The first-order chi connectivity index (χ1) is 6.86. The van der Waals surface area contributed by atoms with Crippen molar-refractivity contribution in [1.29, 1.82) is 5.26 Å². The van der Waals surface area contributed by atoms with Gasteiger partial charge in [0.1, 0.15) is 0 Å². The van der Waals surface area contributed by atoms with Gasteiger partial charge >= 0.3 is 13.3 Å². The van der Waals surface area contributed by atoms with E-state index in [1.807, 2.05) is 0 Å². The van der Waals surface area contributed by atoms with Crippen LogP contribution < -0.4 is 5.46 Å². The second-order valence-electron chi connectivity index (χ2n) is 2.79. The Morgan fingerprint density at radius 3 is 2.27 bits per heavy atom. The zero-order chi connectivity index (χ0) is 11.6. The molecule has 15 heavy (non-hydrogen) atoms. The maximum Gasteiger partial charge on any atom is 0.489 e. The molecule has 0 aromatic heterocycles. The van der Waals surface area contributed by atoms with Crippen LogP contribution in [0.5, 0.6) is 0 Å². The van der Waals surface area contributed by atoms with Crippen LogP contribution in [0.4, 0.5) is 13.2 Å². The Hall–Kier alpha value is -1.52. The second kappa shape index (κ2) is 3.92. The molecule has 0 atom stereocenters. The molecule has 0 amide bonds. The minimum absolute atomic E-state index is 0.188. The summed E-state index contributed by atoms with van der Waals surface area (Å²) >= 11 is 0. The molecular formula is C8H5BF3NO2. The molecule has 2 N–H and O–H groups in total. The Kier molecular flexibility index (Phi) is 3.02. The van der Waals surface area contributed by atoms with E-state index < -0.39 is 24.3 Å². The molecule has 0 spiro atoms. The first-order valence-electron chi connectivity index (χ1n) is 3.83. The van der Waals surface area contributed by atoms with Crippen molar-refractivity contribution in [3.8, 4) is 6.07 Å². The van der Waals surface area contributed by atoms with E-state index >= 15 is 0 Å². The minimum Gasteiger partial charge on any atom is -0.423 e. The molecule has 3 nitrogen and oxygen atoms in total. The maximum atomic E-state index is 12.4. The van der Waals surface area contributed by atoms with Gasteiger partial charge in [0.15, 0.2) is 0 Å². The summed E-state index contributed by atoms with van der Waals surface area (Å²) < 4.78 is 37.2. The van der Waals surface area contributed by atoms with Crippen LogP contribution in [0.25, 0.3) is 0 Å². The van der Waals surface area contributed by atoms with Crippen LogP contribution in [0.2, 0.25) is 0 Å². The van der Waals surface area contributed by atoms with Crippen molar-refractivity contribution in [3.63, 3.8) is 0 Å². The standard InChI is InChI=1S/C8H5BF3NO2/c10-8(11,12)6-3-5(4-13)1-2-7(6)9(14)15/h1-3,14-15H. The lowest BCUT2D eigenvalue weighted by Gasteiger charge is -2.12. The smallest absolute Gasteiger partial charge is 0.423 e. The number of hydrogen-bond donors (Lipinski definition) is 2. The number of alkyl halides is 3. The quantitative estimate of drug-likeness (QED) is 0.660. The lowest BCUT2D eigenvalue weighted by atomic mass is 9.76. The van der Waals surface area contributed by atoms with Crippen molar-refractivity contribution in [3.05, 3.63) is 29.3 Å². The van der Waals surface area contributed by atoms with Gasteiger partial charge in [-0.3, -0.25) is 0 Å². The van der Waals surface area contributed by atoms with Crippen molar-refractivity contribution < 1.29 is 23.2 Å². The van der Waals surface area contributed by atoms with E-state index in [4.69, 9.17) is 15.3 Å². The van der Waals surface area contributed by atoms with Crippen molar-refractivity contribution in [2.75, 3.05) is 0 Å². The van der Waals surface area contributed by atoms with E-state index in [0.717, 1.165) is 12.1 Å². The highest BCUT2D eigenvalue weighted by Gasteiger charge is 2.36. The van der Waals surface area contributed by atoms with Gasteiger partial charge in [0.05, 0.1) is 17.2 Å². The van der Waals surface area contributed by atoms with Gasteiger partial charge in [-0.1, -0.05) is 6.07 Å². The highest BCUT2D eigenvalue weighted by atomic mass is 19.4. The van der Waals surface area contributed by atoms with Crippen LogP contribution in [0, 0.1) is 11.3 Å². The number of benzene rings is 1. The van der Waals surface area contributed by atoms with Crippen LogP contribution in [-0.4, -0.2) is 17.2 Å². The average Bonchev–Trinajstić information content (AvgIpc) is 2.15. The molecule has 0 aliphatic carbocycles. The molecule has 0 saturated heterocycles. The fourth-order valence-corrected chi connectivity index (χ4v) is 1.10. The van der Waals surface area contributed by atoms with Crippen LogP contribution >= 0.6 is 0 Å². The van der Waals surface area contributed by atoms with E-state index in [1.165, 1.54) is 0 Å². The normalized spacial score (nSPS) is 10.9. The molecule has 1 aromatic carbocycles. The summed E-state index contributed by atoms with van der Waals surface area (Å²) in [5.41, 5.74) is -2.07. The molecule has 0 bridgehead atoms. The van der Waals surface area contributed by atoms with Gasteiger partial charge in [0, 0.05) is 0 Å². The van der Waals surface area contributed by atoms with E-state index in [2.05, 4.69) is 0 Å². The number of rotatable bonds is 1. The number of halogens is 3. The highest BCUT2D eigenvalue weighted by molar-refractivity contribution is 6.59. The number of nitrogens with zero attached hydrogens (tertiary/aromatic N) is 1. The summed E-state index contributed by atoms with van der Waals surface area (Å²) in [6.45, 7) is 0. The Labute approximate surface area is 83.5 Å². The maximum absolute atomic E-state index is 12.4. The highest BCUT2D eigenvalue weighted by Crippen LogP contribution is 2.28. The molecule has 0 unspecified atom stereocenters. The first-order valence-corrected chi connectivity index (χ1v) is 3.83. The predicted octanol–water partition coefficient (Wildman–Crippen LogP) is 0.257. The fourth-order valence-electron chi connectivity index (χ4n) is 1.10. The third-order valence-corrected chi connectivity index (χ3v) is 1.77. The molecule has 0 saturated carbocycles. The molecule has 0 fully saturated rings. The summed E-state index contributed by atoms with van der Waals surface area (Å²) in [4.78, 5) is 0. The van der Waals surface area contributed by atoms with Gasteiger partial charge in [0.25, 0.3) is 0 Å². The summed E-state index contributed by atoms with van der Waals surface area (Å²) in [5.74, 6) is 0. The summed E-state index contributed by atoms with van der Waals surface area (Å²) in [7, 11) is -2.21. The largest absolute Gasteiger partial charge is 0.489 e. The molecule has 0 heterocycles. The van der Waals surface area contributed by atoms with Gasteiger partial charge in [-0.2, -0.15) is 18.4 Å². The van der Waals surface area contributed by atoms with Crippen molar-refractivity contribution >= 4 is 12.6 Å². The lowest BCUT2D eigenvalue weighted by Crippen LogP contribution is -2.36. The lowest BCUT2D eigenvalue weighted by molar-refractivity contribution is -0.136. The fraction of sp³-hybridized carbons (Fsp3) is 0.125. The first kappa shape index (κ1) is 11.6. The third kappa shape index (κ3) is 2.49. The van der Waals surface area contributed by atoms with Crippen LogP contribution in [-0.2, 0) is 6.18 Å². The van der Waals surface area contributed by atoms with E-state index in [-0.39, 0.29) is 5.56 Å². The SMILES string of the molecule is N#Cc1ccc(B(O)O)c(C(F)(F)F)c1. The van der Waals surface area contributed by atoms with Gasteiger partial charge in [-0.25, -0.2) is 0 Å². The summed E-state index contributed by atoms with van der Waals surface area (Å²) in [6, 6.07) is 4.07. The molecule has 0 aliphatic heterocycles. The molecule has 78 valence electrons. The number of hydrogen-bond acceptors (Lipinski definition) is 3. The van der Waals surface area contributed by atoms with Gasteiger partial charge in [0.2, 0.25) is 0 Å². The predicted molar refractivity (Wildman–Crippen MR) is 46.0 cm³/mol. The molecule has 7 heteroatoms. The van der Waals surface area contributed by atoms with Gasteiger partial charge in [-0.15, -0.1) is 0 Å². The molecule has 1 rings (SSSR count). The van der Waals surface area contributed by atoms with Crippen molar-refractivity contribution in [1.82, 2.24) is 0 Å². The zero-order valence-corrected chi connectivity index (χ0v) is 7.28. The van der Waals surface area contributed by atoms with Crippen LogP contribution in [0.1, 0.15) is 11.1 Å². The van der Waals surface area contributed by atoms with Gasteiger partial charge in [-0.05, 0) is 17.6 Å². The molecule has 0 radical (unpaired) electrons. The Morgan fingerprint density at radius 2 is 1.87 bits per heavy atom. The van der Waals surface area contributed by atoms with Gasteiger partial charge < -0.3 is 10.0 Å². The summed E-state index contributed by atoms with van der Waals surface area (Å²) in [6.07, 6.45) is -4.72. The Balaban J connectivity index is 3.37. The van der Waals surface area contributed by atoms with E-state index in [0.29, 0.717) is 6.07 Å². The van der Waals surface area contributed by atoms with Crippen LogP contribution in [0.3, 0.4) is 0 Å². The monoisotopic (exact) mass is 215 g/mol. The average molecular weight is 215 g/mol. The molecule has 0 aliphatic rings. The Bertz CT molecular complexity index is 411. The Morgan fingerprint density at radius 1 is 1.27 bits per heavy atom. The molecule has 1 aromatic rings. The molecular weight excluding hydrogens is 210 g/mol. The van der Waals surface area contributed by atoms with Crippen LogP contribution in [0.15, 0.2) is 18.2 Å². The summed E-state index contributed by atoms with van der Waals surface area (Å²) in [5, 5.41) is 25.8. The minimum atomic E-state index is -4.72. The zero-order valence-electron chi connectivity index (χ0n) is 7.28. The second-order valence-corrected chi connectivity index (χ2v) is 2.79. The topological polar surface area (TPSA) is 64.2 Å². The third-order valence-electron chi connectivity index (χ3n) is 1.77. The van der Waals surface area contributed by atoms with Crippen molar-refractivity contribution in [2.45, 2.75) is 6.18 Å². The van der Waals surface area contributed by atoms with Crippen molar-refractivity contribution in [2.24, 2.45) is 0 Å². The van der Waals surface area contributed by atoms with E-state index in [1.54, 1.807) is 6.07 Å². The number of nitriles is 1.